The second-order valence-electron chi connectivity index (χ2n) is 4.28. The molecule has 1 aromatic heterocycles. The highest BCUT2D eigenvalue weighted by atomic mass is 16.5. The van der Waals surface area contributed by atoms with Crippen molar-refractivity contribution in [1.82, 2.24) is 14.8 Å². The molecule has 0 saturated heterocycles. The first-order chi connectivity index (χ1) is 7.29. The van der Waals surface area contributed by atoms with Crippen LogP contribution in [0, 0.1) is 5.41 Å². The van der Waals surface area contributed by atoms with Gasteiger partial charge in [0.05, 0.1) is 0 Å². The fourth-order valence-corrected chi connectivity index (χ4v) is 1.88. The molecule has 2 rings (SSSR count). The molecule has 0 amide bonds. The van der Waals surface area contributed by atoms with E-state index in [-0.39, 0.29) is 6.61 Å². The van der Waals surface area contributed by atoms with Crippen molar-refractivity contribution >= 4 is 0 Å². The maximum Gasteiger partial charge on any atom is 0.158 e. The van der Waals surface area contributed by atoms with Crippen LogP contribution >= 0.6 is 0 Å². The zero-order valence-electron chi connectivity index (χ0n) is 9.02. The Bertz CT molecular complexity index is 320. The lowest BCUT2D eigenvalue weighted by Crippen LogP contribution is -2.15. The van der Waals surface area contributed by atoms with E-state index in [4.69, 9.17) is 9.84 Å². The first-order valence-electron chi connectivity index (χ1n) is 5.26. The predicted molar refractivity (Wildman–Crippen MR) is 54.1 cm³/mol. The van der Waals surface area contributed by atoms with Crippen molar-refractivity contribution in [2.24, 2.45) is 5.41 Å². The van der Waals surface area contributed by atoms with E-state index >= 15 is 0 Å². The molecule has 1 aromatic rings. The number of rotatable bonds is 6. The number of hydrogen-bond acceptors (Lipinski definition) is 4. The van der Waals surface area contributed by atoms with E-state index in [0.29, 0.717) is 11.2 Å². The largest absolute Gasteiger partial charge is 0.388 e. The Kier molecular flexibility index (Phi) is 3.02. The third-order valence-electron chi connectivity index (χ3n) is 3.14. The fraction of sp³-hybridized carbons (Fsp3) is 0.800. The number of aromatic nitrogens is 3. The number of ether oxygens (including phenoxy) is 1. The van der Waals surface area contributed by atoms with Gasteiger partial charge in [-0.25, -0.2) is 0 Å². The van der Waals surface area contributed by atoms with Crippen LogP contribution in [-0.4, -0.2) is 33.6 Å². The minimum atomic E-state index is -0.0413. The Labute approximate surface area is 89.1 Å². The summed E-state index contributed by atoms with van der Waals surface area (Å²) in [5.74, 6) is 0.652. The second-order valence-corrected chi connectivity index (χ2v) is 4.28. The van der Waals surface area contributed by atoms with E-state index in [1.54, 1.807) is 13.4 Å². The Morgan fingerprint density at radius 1 is 1.60 bits per heavy atom. The summed E-state index contributed by atoms with van der Waals surface area (Å²) >= 11 is 0. The van der Waals surface area contributed by atoms with Crippen LogP contribution in [-0.2, 0) is 17.9 Å². The first kappa shape index (κ1) is 10.6. The molecule has 0 aromatic carbocycles. The van der Waals surface area contributed by atoms with Gasteiger partial charge in [-0.1, -0.05) is 0 Å². The van der Waals surface area contributed by atoms with Crippen LogP contribution in [0.5, 0.6) is 0 Å². The van der Waals surface area contributed by atoms with Gasteiger partial charge < -0.3 is 14.4 Å². The highest BCUT2D eigenvalue weighted by Crippen LogP contribution is 2.50. The van der Waals surface area contributed by atoms with E-state index in [1.165, 1.54) is 12.8 Å². The zero-order valence-corrected chi connectivity index (χ0v) is 9.02. The number of methoxy groups -OCH3 is 1. The predicted octanol–water partition coefficient (Wildman–Crippen LogP) is 0.587. The average molecular weight is 211 g/mol. The highest BCUT2D eigenvalue weighted by molar-refractivity contribution is 4.96. The number of aliphatic hydroxyl groups excluding tert-OH is 1. The summed E-state index contributed by atoms with van der Waals surface area (Å²) in [5.41, 5.74) is 0.363. The van der Waals surface area contributed by atoms with Crippen LogP contribution in [0.2, 0.25) is 0 Å². The van der Waals surface area contributed by atoms with Crippen molar-refractivity contribution in [2.45, 2.75) is 32.4 Å². The van der Waals surface area contributed by atoms with Gasteiger partial charge in [0, 0.05) is 20.3 Å². The third kappa shape index (κ3) is 2.35. The first-order valence-corrected chi connectivity index (χ1v) is 5.26. The Morgan fingerprint density at radius 3 is 3.00 bits per heavy atom. The molecule has 0 bridgehead atoms. The molecule has 1 saturated carbocycles. The summed E-state index contributed by atoms with van der Waals surface area (Å²) in [4.78, 5) is 0. The van der Waals surface area contributed by atoms with Gasteiger partial charge in [0.25, 0.3) is 0 Å². The molecular formula is C10H17N3O2. The molecule has 1 N–H and O–H groups in total. The molecule has 0 atom stereocenters. The lowest BCUT2D eigenvalue weighted by atomic mass is 10.0. The smallest absolute Gasteiger partial charge is 0.158 e. The molecular weight excluding hydrogens is 194 g/mol. The van der Waals surface area contributed by atoms with Gasteiger partial charge in [0.15, 0.2) is 5.82 Å². The van der Waals surface area contributed by atoms with E-state index in [0.717, 1.165) is 19.6 Å². The van der Waals surface area contributed by atoms with Gasteiger partial charge in [0.1, 0.15) is 12.9 Å². The van der Waals surface area contributed by atoms with Gasteiger partial charge in [-0.05, 0) is 24.7 Å². The average Bonchev–Trinajstić information content (AvgIpc) is 2.86. The van der Waals surface area contributed by atoms with Crippen LogP contribution in [0.15, 0.2) is 6.33 Å². The topological polar surface area (TPSA) is 60.2 Å². The molecule has 5 nitrogen and oxygen atoms in total. The molecule has 1 aliphatic carbocycles. The van der Waals surface area contributed by atoms with Crippen molar-refractivity contribution < 1.29 is 9.84 Å². The molecule has 0 spiro atoms. The van der Waals surface area contributed by atoms with Crippen molar-refractivity contribution in [1.29, 1.82) is 0 Å². The van der Waals surface area contributed by atoms with Crippen molar-refractivity contribution in [3.8, 4) is 0 Å². The molecule has 5 heteroatoms. The number of nitrogens with zero attached hydrogens (tertiary/aromatic N) is 3. The quantitative estimate of drug-likeness (QED) is 0.748. The molecule has 1 fully saturated rings. The minimum absolute atomic E-state index is 0.0413. The standard InChI is InChI=1S/C10H17N3O2/c1-15-5-4-10(2-3-10)7-13-8-11-12-9(13)6-14/h8,14H,2-7H2,1H3. The van der Waals surface area contributed by atoms with Crippen molar-refractivity contribution in [3.05, 3.63) is 12.2 Å². The van der Waals surface area contributed by atoms with E-state index < -0.39 is 0 Å². The molecule has 0 aliphatic heterocycles. The van der Waals surface area contributed by atoms with Crippen LogP contribution < -0.4 is 0 Å². The molecule has 15 heavy (non-hydrogen) atoms. The molecule has 1 aliphatic rings. The summed E-state index contributed by atoms with van der Waals surface area (Å²) in [6.07, 6.45) is 5.24. The van der Waals surface area contributed by atoms with Crippen LogP contribution in [0.25, 0.3) is 0 Å². The third-order valence-corrected chi connectivity index (χ3v) is 3.14. The van der Waals surface area contributed by atoms with Gasteiger partial charge in [-0.2, -0.15) is 0 Å². The maximum absolute atomic E-state index is 9.05. The molecule has 0 unspecified atom stereocenters. The zero-order chi connectivity index (χ0) is 10.7. The maximum atomic E-state index is 9.05. The summed E-state index contributed by atoms with van der Waals surface area (Å²) in [6, 6.07) is 0. The second kappa shape index (κ2) is 4.28. The Morgan fingerprint density at radius 2 is 2.40 bits per heavy atom. The lowest BCUT2D eigenvalue weighted by Gasteiger charge is -2.15. The Balaban J connectivity index is 1.96. The number of hydrogen-bond donors (Lipinski definition) is 1. The van der Waals surface area contributed by atoms with E-state index in [9.17, 15) is 0 Å². The van der Waals surface area contributed by atoms with Gasteiger partial charge in [-0.15, -0.1) is 10.2 Å². The normalized spacial score (nSPS) is 18.0. The van der Waals surface area contributed by atoms with Crippen molar-refractivity contribution in [3.63, 3.8) is 0 Å². The molecule has 0 radical (unpaired) electrons. The lowest BCUT2D eigenvalue weighted by molar-refractivity contribution is 0.165. The highest BCUT2D eigenvalue weighted by Gasteiger charge is 2.42. The van der Waals surface area contributed by atoms with E-state index in [2.05, 4.69) is 10.2 Å². The van der Waals surface area contributed by atoms with Crippen LogP contribution in [0.4, 0.5) is 0 Å². The van der Waals surface area contributed by atoms with E-state index in [1.807, 2.05) is 4.57 Å². The SMILES string of the molecule is COCCC1(Cn2cnnc2CO)CC1. The summed E-state index contributed by atoms with van der Waals surface area (Å²) < 4.78 is 7.05. The van der Waals surface area contributed by atoms with Gasteiger partial charge in [-0.3, -0.25) is 0 Å². The minimum Gasteiger partial charge on any atom is -0.388 e. The summed E-state index contributed by atoms with van der Waals surface area (Å²) in [7, 11) is 1.73. The summed E-state index contributed by atoms with van der Waals surface area (Å²) in [5, 5.41) is 16.7. The molecule has 84 valence electrons. The molecule has 1 heterocycles. The van der Waals surface area contributed by atoms with Crippen LogP contribution in [0.1, 0.15) is 25.1 Å². The number of aliphatic hydroxyl groups is 1. The van der Waals surface area contributed by atoms with Crippen molar-refractivity contribution in [2.75, 3.05) is 13.7 Å². The van der Waals surface area contributed by atoms with Gasteiger partial charge >= 0.3 is 0 Å². The van der Waals surface area contributed by atoms with Crippen LogP contribution in [0.3, 0.4) is 0 Å². The fourth-order valence-electron chi connectivity index (χ4n) is 1.88. The van der Waals surface area contributed by atoms with Gasteiger partial charge in [0.2, 0.25) is 0 Å². The Hall–Kier alpha value is -0.940. The monoisotopic (exact) mass is 211 g/mol. The summed E-state index contributed by atoms with van der Waals surface area (Å²) in [6.45, 7) is 1.66.